The number of hydrogen-bond acceptors (Lipinski definition) is 9. The van der Waals surface area contributed by atoms with Crippen molar-refractivity contribution in [1.29, 1.82) is 0 Å². The molecule has 11 nitrogen and oxygen atoms in total. The minimum Gasteiger partial charge on any atom is -0.493 e. The number of aldehydes is 1. The number of carbonyl (C=O) groups excluding carboxylic acids is 4. The van der Waals surface area contributed by atoms with E-state index in [-0.39, 0.29) is 19.6 Å². The second-order valence-corrected chi connectivity index (χ2v) is 13.6. The van der Waals surface area contributed by atoms with Crippen molar-refractivity contribution in [1.82, 2.24) is 16.0 Å². The first-order chi connectivity index (χ1) is 24.9. The van der Waals surface area contributed by atoms with Crippen LogP contribution in [0.25, 0.3) is 32.7 Å². The molecule has 52 heavy (non-hydrogen) atoms. The number of ether oxygens (including phenoxy) is 4. The molecule has 0 aliphatic rings. The molecule has 0 aromatic heterocycles. The fourth-order valence-corrected chi connectivity index (χ4v) is 6.11. The van der Waals surface area contributed by atoms with Gasteiger partial charge in [0.25, 0.3) is 5.91 Å². The van der Waals surface area contributed by atoms with E-state index in [9.17, 15) is 19.2 Å². The standard InChI is InChI=1S/C41H51N3O8/c1-7-32(38(47)49-6)43-26-41(27-45,23-13-14-24-42-39(48)52-40(3,4)5)44-35(46)25-51-34-22-20-29-16-10-12-18-31(29)37(34)36-30-17-11-9-15-28(30)19-21-33(36)50-8-2/h9-12,15-22,27,32,43H,7-8,13-14,23-26H2,1-6H3,(H,42,48)(H,44,46)/t32-,41-/m0/s1. The maximum atomic E-state index is 13.7. The summed E-state index contributed by atoms with van der Waals surface area (Å²) in [6.07, 6.45) is 1.80. The van der Waals surface area contributed by atoms with E-state index in [0.29, 0.717) is 50.2 Å². The highest BCUT2D eigenvalue weighted by Crippen LogP contribution is 2.45. The van der Waals surface area contributed by atoms with Crippen molar-refractivity contribution in [3.05, 3.63) is 72.8 Å². The minimum atomic E-state index is -1.38. The van der Waals surface area contributed by atoms with Crippen LogP contribution in [0, 0.1) is 0 Å². The molecule has 4 aromatic carbocycles. The summed E-state index contributed by atoms with van der Waals surface area (Å²) in [4.78, 5) is 50.9. The maximum absolute atomic E-state index is 13.7. The van der Waals surface area contributed by atoms with E-state index in [1.165, 1.54) is 7.11 Å². The Morgan fingerprint density at radius 3 is 1.94 bits per heavy atom. The molecule has 2 atom stereocenters. The van der Waals surface area contributed by atoms with Crippen LogP contribution in [0.4, 0.5) is 4.79 Å². The smallest absolute Gasteiger partial charge is 0.407 e. The zero-order valence-corrected chi connectivity index (χ0v) is 31.0. The minimum absolute atomic E-state index is 0.0235. The summed E-state index contributed by atoms with van der Waals surface area (Å²) in [5, 5.41) is 12.6. The molecule has 4 rings (SSSR count). The normalized spacial score (nSPS) is 13.1. The van der Waals surface area contributed by atoms with Crippen LogP contribution in [-0.4, -0.2) is 74.9 Å². The highest BCUT2D eigenvalue weighted by Gasteiger charge is 2.33. The topological polar surface area (TPSA) is 141 Å². The molecule has 0 unspecified atom stereocenters. The van der Waals surface area contributed by atoms with Gasteiger partial charge in [0, 0.05) is 24.2 Å². The summed E-state index contributed by atoms with van der Waals surface area (Å²) in [6.45, 7) is 9.47. The maximum Gasteiger partial charge on any atom is 0.407 e. The summed E-state index contributed by atoms with van der Waals surface area (Å²) < 4.78 is 22.6. The Balaban J connectivity index is 1.59. The molecule has 0 heterocycles. The van der Waals surface area contributed by atoms with Gasteiger partial charge in [0.15, 0.2) is 6.61 Å². The Hall–Kier alpha value is -5.16. The van der Waals surface area contributed by atoms with E-state index in [0.717, 1.165) is 32.7 Å². The number of nitrogens with one attached hydrogen (secondary N) is 3. The molecule has 0 aliphatic carbocycles. The van der Waals surface area contributed by atoms with Gasteiger partial charge in [0.2, 0.25) is 0 Å². The zero-order valence-electron chi connectivity index (χ0n) is 31.0. The Kier molecular flexibility index (Phi) is 14.0. The number of unbranched alkanes of at least 4 members (excludes halogenated alkanes) is 1. The summed E-state index contributed by atoms with van der Waals surface area (Å²) in [5.41, 5.74) is -0.362. The predicted octanol–water partition coefficient (Wildman–Crippen LogP) is 6.73. The quantitative estimate of drug-likeness (QED) is 0.0582. The lowest BCUT2D eigenvalue weighted by atomic mass is 9.92. The van der Waals surface area contributed by atoms with Crippen LogP contribution in [0.2, 0.25) is 0 Å². The number of benzene rings is 4. The van der Waals surface area contributed by atoms with Gasteiger partial charge in [-0.1, -0.05) is 67.6 Å². The van der Waals surface area contributed by atoms with E-state index in [1.807, 2.05) is 86.6 Å². The van der Waals surface area contributed by atoms with Crippen LogP contribution in [0.3, 0.4) is 0 Å². The van der Waals surface area contributed by atoms with Crippen molar-refractivity contribution in [3.8, 4) is 22.6 Å². The van der Waals surface area contributed by atoms with E-state index < -0.39 is 35.2 Å². The fourth-order valence-electron chi connectivity index (χ4n) is 6.11. The van der Waals surface area contributed by atoms with Crippen molar-refractivity contribution in [2.75, 3.05) is 33.4 Å². The van der Waals surface area contributed by atoms with Gasteiger partial charge in [-0.05, 0) is 87.1 Å². The average Bonchev–Trinajstić information content (AvgIpc) is 3.13. The molecule has 3 N–H and O–H groups in total. The predicted molar refractivity (Wildman–Crippen MR) is 203 cm³/mol. The number of alkyl carbamates (subject to hydrolysis) is 1. The summed E-state index contributed by atoms with van der Waals surface area (Å²) in [5.74, 6) is 0.178. The van der Waals surface area contributed by atoms with Gasteiger partial charge in [-0.3, -0.25) is 9.59 Å². The summed E-state index contributed by atoms with van der Waals surface area (Å²) in [6, 6.07) is 23.1. The molecule has 11 heteroatoms. The summed E-state index contributed by atoms with van der Waals surface area (Å²) >= 11 is 0. The number of hydrogen-bond donors (Lipinski definition) is 3. The van der Waals surface area contributed by atoms with Gasteiger partial charge in [-0.25, -0.2) is 4.79 Å². The highest BCUT2D eigenvalue weighted by atomic mass is 16.6. The van der Waals surface area contributed by atoms with E-state index >= 15 is 0 Å². The lowest BCUT2D eigenvalue weighted by Gasteiger charge is -2.31. The Morgan fingerprint density at radius 2 is 1.40 bits per heavy atom. The first-order valence-corrected chi connectivity index (χ1v) is 17.8. The number of fused-ring (bicyclic) bond motifs is 2. The molecule has 2 amide bonds. The molecular formula is C41H51N3O8. The van der Waals surface area contributed by atoms with Crippen LogP contribution in [0.5, 0.6) is 11.5 Å². The molecule has 0 spiro atoms. The monoisotopic (exact) mass is 713 g/mol. The van der Waals surface area contributed by atoms with Crippen molar-refractivity contribution in [3.63, 3.8) is 0 Å². The molecule has 4 aromatic rings. The molecule has 278 valence electrons. The van der Waals surface area contributed by atoms with Crippen molar-refractivity contribution >= 4 is 45.8 Å². The average molecular weight is 714 g/mol. The molecule has 0 aliphatic heterocycles. The van der Waals surface area contributed by atoms with Crippen LogP contribution >= 0.6 is 0 Å². The van der Waals surface area contributed by atoms with Crippen LogP contribution in [0.15, 0.2) is 72.8 Å². The highest BCUT2D eigenvalue weighted by molar-refractivity contribution is 6.09. The van der Waals surface area contributed by atoms with Gasteiger partial charge >= 0.3 is 12.1 Å². The Bertz CT molecular complexity index is 1850. The van der Waals surface area contributed by atoms with Crippen LogP contribution < -0.4 is 25.4 Å². The number of esters is 1. The first kappa shape index (κ1) is 39.6. The van der Waals surface area contributed by atoms with Crippen molar-refractivity contribution in [2.24, 2.45) is 0 Å². The van der Waals surface area contributed by atoms with E-state index in [4.69, 9.17) is 18.9 Å². The third-order valence-electron chi connectivity index (χ3n) is 8.58. The van der Waals surface area contributed by atoms with Crippen LogP contribution in [-0.2, 0) is 23.9 Å². The SMILES string of the molecule is CCOc1ccc2ccccc2c1-c1c(OCC(=O)N[C@@](C=O)(CCCCNC(=O)OC(C)(C)C)CN[C@@H](CC)C(=O)OC)ccc2ccccc12. The fraction of sp³-hybridized carbons (Fsp3) is 0.415. The number of amides is 2. The largest absolute Gasteiger partial charge is 0.493 e. The van der Waals surface area contributed by atoms with Gasteiger partial charge in [0.1, 0.15) is 35.0 Å². The Morgan fingerprint density at radius 1 is 0.808 bits per heavy atom. The molecule has 0 radical (unpaired) electrons. The van der Waals surface area contributed by atoms with Gasteiger partial charge in [-0.15, -0.1) is 0 Å². The van der Waals surface area contributed by atoms with Gasteiger partial charge in [0.05, 0.1) is 13.7 Å². The summed E-state index contributed by atoms with van der Waals surface area (Å²) in [7, 11) is 1.30. The second-order valence-electron chi connectivity index (χ2n) is 13.6. The molecule has 0 saturated heterocycles. The van der Waals surface area contributed by atoms with Crippen molar-refractivity contribution < 1.29 is 38.1 Å². The van der Waals surface area contributed by atoms with Crippen molar-refractivity contribution in [2.45, 2.75) is 77.5 Å². The third-order valence-corrected chi connectivity index (χ3v) is 8.58. The lowest BCUT2D eigenvalue weighted by Crippen LogP contribution is -2.59. The molecular weight excluding hydrogens is 662 g/mol. The number of methoxy groups -OCH3 is 1. The van der Waals surface area contributed by atoms with Crippen LogP contribution in [0.1, 0.15) is 60.3 Å². The molecule has 0 bridgehead atoms. The number of carbonyl (C=O) groups is 4. The van der Waals surface area contributed by atoms with Gasteiger partial charge < -0.3 is 39.7 Å². The second kappa shape index (κ2) is 18.4. The Labute approximate surface area is 305 Å². The number of rotatable bonds is 18. The lowest BCUT2D eigenvalue weighted by molar-refractivity contribution is -0.143. The van der Waals surface area contributed by atoms with E-state index in [1.54, 1.807) is 20.8 Å². The van der Waals surface area contributed by atoms with Gasteiger partial charge in [-0.2, -0.15) is 0 Å². The van der Waals surface area contributed by atoms with E-state index in [2.05, 4.69) is 16.0 Å². The molecule has 0 fully saturated rings. The molecule has 0 saturated carbocycles. The zero-order chi connectivity index (χ0) is 37.7. The third kappa shape index (κ3) is 10.4. The first-order valence-electron chi connectivity index (χ1n) is 17.8.